The smallest absolute Gasteiger partial charge is 0.324 e. The van der Waals surface area contributed by atoms with E-state index in [1.165, 1.54) is 0 Å². The van der Waals surface area contributed by atoms with Crippen molar-refractivity contribution in [2.75, 3.05) is 25.1 Å². The summed E-state index contributed by atoms with van der Waals surface area (Å²) in [5.74, 6) is 1.36. The zero-order valence-corrected chi connectivity index (χ0v) is 10.9. The van der Waals surface area contributed by atoms with Crippen molar-refractivity contribution in [3.63, 3.8) is 0 Å². The summed E-state index contributed by atoms with van der Waals surface area (Å²) in [5.41, 5.74) is 0.886. The van der Waals surface area contributed by atoms with E-state index in [0.717, 1.165) is 24.4 Å². The van der Waals surface area contributed by atoms with E-state index in [9.17, 15) is 0 Å². The van der Waals surface area contributed by atoms with Crippen LogP contribution in [0.4, 0.5) is 6.01 Å². The van der Waals surface area contributed by atoms with Crippen molar-refractivity contribution in [2.45, 2.75) is 13.8 Å². The molecule has 0 unspecified atom stereocenters. The van der Waals surface area contributed by atoms with Crippen LogP contribution in [0.2, 0.25) is 0 Å². The summed E-state index contributed by atoms with van der Waals surface area (Å²) in [6.07, 6.45) is 0. The highest BCUT2D eigenvalue weighted by atomic mass is 16.5. The van der Waals surface area contributed by atoms with Gasteiger partial charge in [-0.05, 0) is 26.0 Å². The molecule has 0 aliphatic carbocycles. The van der Waals surface area contributed by atoms with Gasteiger partial charge in [0.1, 0.15) is 5.75 Å². The summed E-state index contributed by atoms with van der Waals surface area (Å²) < 4.78 is 10.4. The largest absolute Gasteiger partial charge is 0.497 e. The predicted molar refractivity (Wildman–Crippen MR) is 69.8 cm³/mol. The molecule has 2 aromatic rings. The molecule has 0 aliphatic rings. The molecule has 0 amide bonds. The van der Waals surface area contributed by atoms with Crippen LogP contribution in [0.5, 0.6) is 5.75 Å². The Morgan fingerprint density at radius 2 is 2.06 bits per heavy atom. The topological polar surface area (TPSA) is 51.4 Å². The number of methoxy groups -OCH3 is 1. The standard InChI is InChI=1S/C13H17N3O2/c1-4-16(5-2)13-14-12(15-18-13)10-7-6-8-11(9-10)17-3/h6-9H,4-5H2,1-3H3. The van der Waals surface area contributed by atoms with E-state index in [2.05, 4.69) is 24.0 Å². The second-order valence-electron chi connectivity index (χ2n) is 3.80. The Labute approximate surface area is 106 Å². The Morgan fingerprint density at radius 3 is 2.72 bits per heavy atom. The van der Waals surface area contributed by atoms with Crippen LogP contribution in [0.15, 0.2) is 28.8 Å². The fourth-order valence-corrected chi connectivity index (χ4v) is 1.72. The number of hydrogen-bond acceptors (Lipinski definition) is 5. The Morgan fingerprint density at radius 1 is 1.28 bits per heavy atom. The highest BCUT2D eigenvalue weighted by molar-refractivity contribution is 5.58. The molecule has 1 aromatic carbocycles. The highest BCUT2D eigenvalue weighted by Gasteiger charge is 2.13. The highest BCUT2D eigenvalue weighted by Crippen LogP contribution is 2.23. The minimum atomic E-state index is 0.554. The van der Waals surface area contributed by atoms with Crippen molar-refractivity contribution in [3.8, 4) is 17.1 Å². The number of ether oxygens (including phenoxy) is 1. The number of anilines is 1. The number of nitrogens with zero attached hydrogens (tertiary/aromatic N) is 3. The van der Waals surface area contributed by atoms with Crippen LogP contribution in [0.1, 0.15) is 13.8 Å². The van der Waals surface area contributed by atoms with E-state index >= 15 is 0 Å². The maximum atomic E-state index is 5.26. The van der Waals surface area contributed by atoms with E-state index in [1.807, 2.05) is 29.2 Å². The maximum Gasteiger partial charge on any atom is 0.324 e. The van der Waals surface area contributed by atoms with Crippen LogP contribution in [-0.4, -0.2) is 30.3 Å². The van der Waals surface area contributed by atoms with Gasteiger partial charge in [0.2, 0.25) is 5.82 Å². The van der Waals surface area contributed by atoms with Crippen LogP contribution >= 0.6 is 0 Å². The molecular weight excluding hydrogens is 230 g/mol. The molecule has 0 aliphatic heterocycles. The summed E-state index contributed by atoms with van der Waals surface area (Å²) in [4.78, 5) is 6.40. The van der Waals surface area contributed by atoms with E-state index in [4.69, 9.17) is 9.26 Å². The third-order valence-electron chi connectivity index (χ3n) is 2.78. The summed E-state index contributed by atoms with van der Waals surface area (Å²) >= 11 is 0. The lowest BCUT2D eigenvalue weighted by molar-refractivity contribution is 0.413. The molecule has 0 spiro atoms. The molecule has 0 atom stereocenters. The molecule has 0 bridgehead atoms. The lowest BCUT2D eigenvalue weighted by Crippen LogP contribution is -2.21. The van der Waals surface area contributed by atoms with Crippen molar-refractivity contribution in [1.29, 1.82) is 0 Å². The fraction of sp³-hybridized carbons (Fsp3) is 0.385. The average molecular weight is 247 g/mol. The summed E-state index contributed by atoms with van der Waals surface area (Å²) in [5, 5.41) is 4.00. The van der Waals surface area contributed by atoms with Crippen LogP contribution in [0.3, 0.4) is 0 Å². The molecule has 1 heterocycles. The Balaban J connectivity index is 2.28. The van der Waals surface area contributed by atoms with Gasteiger partial charge in [-0.25, -0.2) is 0 Å². The molecule has 0 fully saturated rings. The fourth-order valence-electron chi connectivity index (χ4n) is 1.72. The second kappa shape index (κ2) is 5.53. The molecule has 5 heteroatoms. The average Bonchev–Trinajstić information content (AvgIpc) is 2.90. The normalized spacial score (nSPS) is 10.4. The Bertz CT molecular complexity index is 506. The molecular formula is C13H17N3O2. The zero-order chi connectivity index (χ0) is 13.0. The SMILES string of the molecule is CCN(CC)c1nc(-c2cccc(OC)c2)no1. The van der Waals surface area contributed by atoms with Crippen LogP contribution < -0.4 is 9.64 Å². The van der Waals surface area contributed by atoms with E-state index in [-0.39, 0.29) is 0 Å². The minimum absolute atomic E-state index is 0.554. The van der Waals surface area contributed by atoms with E-state index in [1.54, 1.807) is 7.11 Å². The molecule has 18 heavy (non-hydrogen) atoms. The Kier molecular flexibility index (Phi) is 3.82. The van der Waals surface area contributed by atoms with Gasteiger partial charge in [-0.1, -0.05) is 17.3 Å². The third-order valence-corrected chi connectivity index (χ3v) is 2.78. The molecule has 0 N–H and O–H groups in total. The number of hydrogen-bond donors (Lipinski definition) is 0. The van der Waals surface area contributed by atoms with E-state index < -0.39 is 0 Å². The minimum Gasteiger partial charge on any atom is -0.497 e. The quantitative estimate of drug-likeness (QED) is 0.812. The number of benzene rings is 1. The van der Waals surface area contributed by atoms with Crippen molar-refractivity contribution in [3.05, 3.63) is 24.3 Å². The van der Waals surface area contributed by atoms with Gasteiger partial charge < -0.3 is 14.2 Å². The summed E-state index contributed by atoms with van der Waals surface area (Å²) in [7, 11) is 1.64. The predicted octanol–water partition coefficient (Wildman–Crippen LogP) is 2.59. The summed E-state index contributed by atoms with van der Waals surface area (Å²) in [6, 6.07) is 8.16. The van der Waals surface area contributed by atoms with Gasteiger partial charge >= 0.3 is 6.01 Å². The first-order valence-electron chi connectivity index (χ1n) is 6.01. The van der Waals surface area contributed by atoms with E-state index in [0.29, 0.717) is 11.8 Å². The molecule has 2 rings (SSSR count). The molecule has 0 saturated carbocycles. The first-order valence-corrected chi connectivity index (χ1v) is 6.01. The Hall–Kier alpha value is -2.04. The molecule has 5 nitrogen and oxygen atoms in total. The zero-order valence-electron chi connectivity index (χ0n) is 10.9. The summed E-state index contributed by atoms with van der Waals surface area (Å²) in [6.45, 7) is 5.80. The lowest BCUT2D eigenvalue weighted by Gasteiger charge is -2.13. The number of rotatable bonds is 5. The van der Waals surface area contributed by atoms with Gasteiger partial charge in [-0.3, -0.25) is 0 Å². The first-order chi connectivity index (χ1) is 8.78. The number of aromatic nitrogens is 2. The van der Waals surface area contributed by atoms with Gasteiger partial charge in [-0.2, -0.15) is 4.98 Å². The maximum absolute atomic E-state index is 5.26. The van der Waals surface area contributed by atoms with Gasteiger partial charge in [-0.15, -0.1) is 0 Å². The van der Waals surface area contributed by atoms with Crippen molar-refractivity contribution >= 4 is 6.01 Å². The molecule has 1 aromatic heterocycles. The van der Waals surface area contributed by atoms with Crippen molar-refractivity contribution < 1.29 is 9.26 Å². The van der Waals surface area contributed by atoms with Crippen LogP contribution in [-0.2, 0) is 0 Å². The third kappa shape index (κ3) is 2.45. The van der Waals surface area contributed by atoms with Crippen molar-refractivity contribution in [1.82, 2.24) is 10.1 Å². The molecule has 0 radical (unpaired) electrons. The van der Waals surface area contributed by atoms with Gasteiger partial charge in [0.15, 0.2) is 0 Å². The monoisotopic (exact) mass is 247 g/mol. The van der Waals surface area contributed by atoms with Crippen LogP contribution in [0, 0.1) is 0 Å². The van der Waals surface area contributed by atoms with Gasteiger partial charge in [0.05, 0.1) is 7.11 Å². The second-order valence-corrected chi connectivity index (χ2v) is 3.80. The van der Waals surface area contributed by atoms with Gasteiger partial charge in [0, 0.05) is 18.7 Å². The van der Waals surface area contributed by atoms with Gasteiger partial charge in [0.25, 0.3) is 0 Å². The molecule has 0 saturated heterocycles. The molecule has 96 valence electrons. The van der Waals surface area contributed by atoms with Crippen LogP contribution in [0.25, 0.3) is 11.4 Å². The first kappa shape index (κ1) is 12.4. The van der Waals surface area contributed by atoms with Crippen molar-refractivity contribution in [2.24, 2.45) is 0 Å². The lowest BCUT2D eigenvalue weighted by atomic mass is 10.2.